The Kier molecular flexibility index (Phi) is 3.21. The molecule has 2 aromatic heterocycles. The number of thiophene rings is 1. The molecule has 4 rings (SSSR count). The molecule has 0 fully saturated rings. The SMILES string of the molecule is O=c1c2ccccc2ncn1Cc1sc2ccccc2c1Cl. The van der Waals surface area contributed by atoms with Crippen molar-refractivity contribution in [2.45, 2.75) is 6.54 Å². The standard InChI is InChI=1S/C17H11ClN2OS/c18-16-12-6-2-4-8-14(12)22-15(16)9-20-10-19-13-7-3-1-5-11(13)17(20)21/h1-8,10H,9H2. The molecule has 0 saturated heterocycles. The maximum atomic E-state index is 12.5. The molecule has 3 nitrogen and oxygen atoms in total. The lowest BCUT2D eigenvalue weighted by Gasteiger charge is -2.05. The zero-order valence-electron chi connectivity index (χ0n) is 11.5. The zero-order valence-corrected chi connectivity index (χ0v) is 13.1. The number of nitrogens with zero attached hydrogens (tertiary/aromatic N) is 2. The molecule has 22 heavy (non-hydrogen) atoms. The van der Waals surface area contributed by atoms with Crippen molar-refractivity contribution in [2.75, 3.05) is 0 Å². The monoisotopic (exact) mass is 326 g/mol. The molecule has 0 atom stereocenters. The Morgan fingerprint density at radius 2 is 1.77 bits per heavy atom. The van der Waals surface area contributed by atoms with E-state index in [4.69, 9.17) is 11.6 Å². The van der Waals surface area contributed by atoms with Crippen LogP contribution in [0.15, 0.2) is 59.7 Å². The number of aromatic nitrogens is 2. The van der Waals surface area contributed by atoms with Gasteiger partial charge in [-0.1, -0.05) is 41.9 Å². The Morgan fingerprint density at radius 1 is 1.05 bits per heavy atom. The number of rotatable bonds is 2. The Labute approximate surface area is 135 Å². The number of para-hydroxylation sites is 1. The first-order chi connectivity index (χ1) is 10.7. The third-order valence-corrected chi connectivity index (χ3v) is 5.35. The normalized spacial score (nSPS) is 11.3. The van der Waals surface area contributed by atoms with Crippen LogP contribution in [-0.4, -0.2) is 9.55 Å². The fourth-order valence-corrected chi connectivity index (χ4v) is 4.03. The first kappa shape index (κ1) is 13.5. The third-order valence-electron chi connectivity index (χ3n) is 3.65. The molecule has 0 radical (unpaired) electrons. The number of fused-ring (bicyclic) bond motifs is 2. The Bertz CT molecular complexity index is 1050. The average molecular weight is 327 g/mol. The number of benzene rings is 2. The van der Waals surface area contributed by atoms with Crippen LogP contribution in [0.4, 0.5) is 0 Å². The lowest BCUT2D eigenvalue weighted by Crippen LogP contribution is -2.20. The number of halogens is 1. The highest BCUT2D eigenvalue weighted by Crippen LogP contribution is 2.35. The summed E-state index contributed by atoms with van der Waals surface area (Å²) in [5.74, 6) is 0. The van der Waals surface area contributed by atoms with Crippen molar-refractivity contribution in [3.05, 3.63) is 75.1 Å². The highest BCUT2D eigenvalue weighted by Gasteiger charge is 2.12. The smallest absolute Gasteiger partial charge is 0.261 e. The molecule has 108 valence electrons. The summed E-state index contributed by atoms with van der Waals surface area (Å²) in [7, 11) is 0. The topological polar surface area (TPSA) is 34.9 Å². The molecule has 0 aliphatic heterocycles. The summed E-state index contributed by atoms with van der Waals surface area (Å²) >= 11 is 8.07. The van der Waals surface area contributed by atoms with Gasteiger partial charge in [0.1, 0.15) is 0 Å². The molecule has 0 aliphatic rings. The van der Waals surface area contributed by atoms with Crippen LogP contribution in [0.1, 0.15) is 4.88 Å². The molecule has 4 aromatic rings. The van der Waals surface area contributed by atoms with Crippen molar-refractivity contribution in [3.8, 4) is 0 Å². The summed E-state index contributed by atoms with van der Waals surface area (Å²) < 4.78 is 2.74. The number of hydrogen-bond donors (Lipinski definition) is 0. The van der Waals surface area contributed by atoms with Crippen molar-refractivity contribution in [1.82, 2.24) is 9.55 Å². The summed E-state index contributed by atoms with van der Waals surface area (Å²) in [5.41, 5.74) is 0.672. The second kappa shape index (κ2) is 5.23. The van der Waals surface area contributed by atoms with Gasteiger partial charge in [0.05, 0.1) is 28.8 Å². The summed E-state index contributed by atoms with van der Waals surface area (Å²) in [6.45, 7) is 0.439. The van der Waals surface area contributed by atoms with Crippen LogP contribution in [0.2, 0.25) is 5.02 Å². The van der Waals surface area contributed by atoms with Crippen LogP contribution in [0.3, 0.4) is 0 Å². The number of hydrogen-bond acceptors (Lipinski definition) is 3. The molecule has 0 unspecified atom stereocenters. The van der Waals surface area contributed by atoms with Gasteiger partial charge in [0.2, 0.25) is 0 Å². The Hall–Kier alpha value is -2.17. The maximum Gasteiger partial charge on any atom is 0.261 e. The Balaban J connectivity index is 1.84. The van der Waals surface area contributed by atoms with Gasteiger partial charge in [-0.25, -0.2) is 4.98 Å². The van der Waals surface area contributed by atoms with Gasteiger partial charge in [-0.05, 0) is 18.2 Å². The summed E-state index contributed by atoms with van der Waals surface area (Å²) in [5, 5.41) is 2.38. The maximum absolute atomic E-state index is 12.5. The molecule has 0 aliphatic carbocycles. The van der Waals surface area contributed by atoms with Gasteiger partial charge in [-0.15, -0.1) is 11.3 Å². The van der Waals surface area contributed by atoms with Gasteiger partial charge in [0.25, 0.3) is 5.56 Å². The van der Waals surface area contributed by atoms with Crippen LogP contribution < -0.4 is 5.56 Å². The predicted molar refractivity (Wildman–Crippen MR) is 91.9 cm³/mol. The van der Waals surface area contributed by atoms with E-state index in [1.165, 1.54) is 0 Å². The van der Waals surface area contributed by atoms with E-state index in [9.17, 15) is 4.79 Å². The second-order valence-corrected chi connectivity index (χ2v) is 6.54. The first-order valence-corrected chi connectivity index (χ1v) is 8.03. The molecular weight excluding hydrogens is 316 g/mol. The van der Waals surface area contributed by atoms with Gasteiger partial charge in [-0.2, -0.15) is 0 Å². The highest BCUT2D eigenvalue weighted by atomic mass is 35.5. The largest absolute Gasteiger partial charge is 0.293 e. The zero-order chi connectivity index (χ0) is 15.1. The van der Waals surface area contributed by atoms with E-state index in [-0.39, 0.29) is 5.56 Å². The van der Waals surface area contributed by atoms with E-state index >= 15 is 0 Å². The minimum Gasteiger partial charge on any atom is -0.293 e. The minimum atomic E-state index is -0.0425. The molecule has 0 saturated carbocycles. The van der Waals surface area contributed by atoms with Crippen molar-refractivity contribution < 1.29 is 0 Å². The molecule has 2 heterocycles. The highest BCUT2D eigenvalue weighted by molar-refractivity contribution is 7.19. The molecule has 0 amide bonds. The van der Waals surface area contributed by atoms with Gasteiger partial charge in [0.15, 0.2) is 0 Å². The van der Waals surface area contributed by atoms with Crippen LogP contribution in [0.25, 0.3) is 21.0 Å². The summed E-state index contributed by atoms with van der Waals surface area (Å²) in [6.07, 6.45) is 1.59. The van der Waals surface area contributed by atoms with Gasteiger partial charge in [-0.3, -0.25) is 9.36 Å². The molecule has 0 bridgehead atoms. The van der Waals surface area contributed by atoms with Crippen LogP contribution in [-0.2, 0) is 6.54 Å². The van der Waals surface area contributed by atoms with Crippen molar-refractivity contribution >= 4 is 43.9 Å². The van der Waals surface area contributed by atoms with E-state index in [1.807, 2.05) is 42.5 Å². The lowest BCUT2D eigenvalue weighted by molar-refractivity contribution is 0.758. The van der Waals surface area contributed by atoms with Crippen molar-refractivity contribution in [3.63, 3.8) is 0 Å². The van der Waals surface area contributed by atoms with Gasteiger partial charge in [0, 0.05) is 15.0 Å². The molecular formula is C17H11ClN2OS. The first-order valence-electron chi connectivity index (χ1n) is 6.84. The van der Waals surface area contributed by atoms with Crippen molar-refractivity contribution in [1.29, 1.82) is 0 Å². The summed E-state index contributed by atoms with van der Waals surface area (Å²) in [4.78, 5) is 17.9. The minimum absolute atomic E-state index is 0.0425. The Morgan fingerprint density at radius 3 is 2.59 bits per heavy atom. The van der Waals surface area contributed by atoms with E-state index in [0.29, 0.717) is 17.4 Å². The molecule has 5 heteroatoms. The van der Waals surface area contributed by atoms with Crippen LogP contribution >= 0.6 is 22.9 Å². The van der Waals surface area contributed by atoms with Crippen LogP contribution in [0, 0.1) is 0 Å². The second-order valence-electron chi connectivity index (χ2n) is 5.03. The molecule has 2 aromatic carbocycles. The van der Waals surface area contributed by atoms with E-state index < -0.39 is 0 Å². The third kappa shape index (κ3) is 2.12. The lowest BCUT2D eigenvalue weighted by atomic mass is 10.2. The predicted octanol–water partition coefficient (Wildman–Crippen LogP) is 4.31. The van der Waals surface area contributed by atoms with Gasteiger partial charge < -0.3 is 0 Å². The van der Waals surface area contributed by atoms with E-state index in [2.05, 4.69) is 4.98 Å². The summed E-state index contributed by atoms with van der Waals surface area (Å²) in [6, 6.07) is 15.4. The van der Waals surface area contributed by atoms with Crippen LogP contribution in [0.5, 0.6) is 0 Å². The fourth-order valence-electron chi connectivity index (χ4n) is 2.54. The quantitative estimate of drug-likeness (QED) is 0.550. The van der Waals surface area contributed by atoms with E-state index in [1.54, 1.807) is 28.3 Å². The average Bonchev–Trinajstić information content (AvgIpc) is 2.87. The fraction of sp³-hybridized carbons (Fsp3) is 0.0588. The van der Waals surface area contributed by atoms with Crippen molar-refractivity contribution in [2.24, 2.45) is 0 Å². The van der Waals surface area contributed by atoms with E-state index in [0.717, 1.165) is 20.0 Å². The molecule has 0 spiro atoms. The molecule has 0 N–H and O–H groups in total. The van der Waals surface area contributed by atoms with Gasteiger partial charge >= 0.3 is 0 Å².